The normalized spacial score (nSPS) is 31.2. The van der Waals surface area contributed by atoms with Crippen molar-refractivity contribution in [3.63, 3.8) is 0 Å². The Hall–Kier alpha value is -1.62. The molecule has 2 saturated carbocycles. The van der Waals surface area contributed by atoms with Crippen molar-refractivity contribution >= 4 is 5.91 Å². The molecule has 0 saturated heterocycles. The van der Waals surface area contributed by atoms with E-state index in [0.29, 0.717) is 17.4 Å². The number of hydrogen-bond donors (Lipinski definition) is 2. The molecule has 0 aliphatic heterocycles. The first-order valence-corrected chi connectivity index (χ1v) is 7.39. The van der Waals surface area contributed by atoms with Crippen LogP contribution in [0.3, 0.4) is 0 Å². The average molecular weight is 293 g/mol. The van der Waals surface area contributed by atoms with Crippen LogP contribution in [0.5, 0.6) is 5.75 Å². The van der Waals surface area contributed by atoms with Crippen molar-refractivity contribution in [3.05, 3.63) is 29.6 Å². The number of carbonyl (C=O) groups is 1. The summed E-state index contributed by atoms with van der Waals surface area (Å²) >= 11 is 0. The van der Waals surface area contributed by atoms with Crippen LogP contribution in [-0.4, -0.2) is 40.2 Å². The highest BCUT2D eigenvalue weighted by Crippen LogP contribution is 2.45. The molecular weight excluding hydrogens is 273 g/mol. The van der Waals surface area contributed by atoms with Crippen LogP contribution in [0.25, 0.3) is 0 Å². The molecule has 0 aromatic heterocycles. The Morgan fingerprint density at radius 3 is 2.43 bits per heavy atom. The van der Waals surface area contributed by atoms with Crippen LogP contribution in [-0.2, 0) is 0 Å². The van der Waals surface area contributed by atoms with Gasteiger partial charge in [-0.25, -0.2) is 4.39 Å². The zero-order valence-electron chi connectivity index (χ0n) is 12.0. The summed E-state index contributed by atoms with van der Waals surface area (Å²) < 4.78 is 13.1. The standard InChI is InChI=1S/C16H20FNO3/c1-18(12-4-10-6-13(19)7-11(10)5-12)16(21)9-2-3-14(17)15(20)8-9/h2-3,8,10-13,19-20H,4-7H2,1H3/t10-,11+,12?,13?. The fourth-order valence-electron chi connectivity index (χ4n) is 3.88. The second-order valence-corrected chi connectivity index (χ2v) is 6.35. The van der Waals surface area contributed by atoms with E-state index in [1.54, 1.807) is 11.9 Å². The van der Waals surface area contributed by atoms with Crippen molar-refractivity contribution in [2.24, 2.45) is 11.8 Å². The molecule has 5 heteroatoms. The van der Waals surface area contributed by atoms with E-state index < -0.39 is 11.6 Å². The van der Waals surface area contributed by atoms with Crippen LogP contribution < -0.4 is 0 Å². The maximum atomic E-state index is 13.1. The van der Waals surface area contributed by atoms with Gasteiger partial charge >= 0.3 is 0 Å². The maximum Gasteiger partial charge on any atom is 0.253 e. The van der Waals surface area contributed by atoms with E-state index >= 15 is 0 Å². The highest BCUT2D eigenvalue weighted by atomic mass is 19.1. The zero-order chi connectivity index (χ0) is 15.1. The number of fused-ring (bicyclic) bond motifs is 1. The van der Waals surface area contributed by atoms with Gasteiger partial charge in [-0.05, 0) is 55.7 Å². The number of aromatic hydroxyl groups is 1. The summed E-state index contributed by atoms with van der Waals surface area (Å²) in [7, 11) is 1.75. The molecule has 1 aromatic carbocycles. The number of halogens is 1. The van der Waals surface area contributed by atoms with Gasteiger partial charge in [0.1, 0.15) is 0 Å². The second kappa shape index (κ2) is 5.30. The smallest absolute Gasteiger partial charge is 0.253 e. The summed E-state index contributed by atoms with van der Waals surface area (Å²) in [5.41, 5.74) is 0.300. The Kier molecular flexibility index (Phi) is 3.61. The van der Waals surface area contributed by atoms with Gasteiger partial charge in [0.25, 0.3) is 5.91 Å². The van der Waals surface area contributed by atoms with Crippen LogP contribution in [0.4, 0.5) is 4.39 Å². The lowest BCUT2D eigenvalue weighted by Gasteiger charge is -2.25. The lowest BCUT2D eigenvalue weighted by Crippen LogP contribution is -2.36. The van der Waals surface area contributed by atoms with Crippen LogP contribution in [0.15, 0.2) is 18.2 Å². The molecule has 0 heterocycles. The lowest BCUT2D eigenvalue weighted by atomic mass is 10.0. The van der Waals surface area contributed by atoms with Gasteiger partial charge in [-0.2, -0.15) is 0 Å². The van der Waals surface area contributed by atoms with E-state index in [1.165, 1.54) is 12.1 Å². The maximum absolute atomic E-state index is 13.1. The monoisotopic (exact) mass is 293 g/mol. The molecule has 2 aliphatic rings. The van der Waals surface area contributed by atoms with Gasteiger partial charge in [0.2, 0.25) is 0 Å². The molecule has 4 atom stereocenters. The van der Waals surface area contributed by atoms with Gasteiger partial charge < -0.3 is 15.1 Å². The number of phenolic OH excluding ortho intramolecular Hbond substituents is 1. The summed E-state index contributed by atoms with van der Waals surface area (Å²) in [5, 5.41) is 19.0. The molecule has 2 unspecified atom stereocenters. The minimum Gasteiger partial charge on any atom is -0.505 e. The number of aliphatic hydroxyl groups excluding tert-OH is 1. The Labute approximate surface area is 123 Å². The third kappa shape index (κ3) is 2.62. The number of nitrogens with zero attached hydrogens (tertiary/aromatic N) is 1. The highest BCUT2D eigenvalue weighted by molar-refractivity contribution is 5.94. The average Bonchev–Trinajstić information content (AvgIpc) is 2.97. The summed E-state index contributed by atoms with van der Waals surface area (Å²) in [4.78, 5) is 14.1. The molecule has 2 fully saturated rings. The number of rotatable bonds is 2. The highest BCUT2D eigenvalue weighted by Gasteiger charge is 2.43. The van der Waals surface area contributed by atoms with E-state index in [0.717, 1.165) is 31.7 Å². The third-order valence-corrected chi connectivity index (χ3v) is 5.03. The molecule has 1 aromatic rings. The molecule has 21 heavy (non-hydrogen) atoms. The van der Waals surface area contributed by atoms with Crippen LogP contribution in [0, 0.1) is 17.7 Å². The van der Waals surface area contributed by atoms with Crippen molar-refractivity contribution in [2.45, 2.75) is 37.8 Å². The van der Waals surface area contributed by atoms with E-state index in [9.17, 15) is 19.4 Å². The topological polar surface area (TPSA) is 60.8 Å². The van der Waals surface area contributed by atoms with E-state index in [4.69, 9.17) is 0 Å². The number of aliphatic hydroxyl groups is 1. The quantitative estimate of drug-likeness (QED) is 0.878. The van der Waals surface area contributed by atoms with Gasteiger partial charge in [0.15, 0.2) is 11.6 Å². The van der Waals surface area contributed by atoms with Crippen LogP contribution in [0.1, 0.15) is 36.0 Å². The second-order valence-electron chi connectivity index (χ2n) is 6.35. The van der Waals surface area contributed by atoms with Gasteiger partial charge in [-0.1, -0.05) is 0 Å². The molecule has 0 spiro atoms. The fourth-order valence-corrected chi connectivity index (χ4v) is 3.88. The minimum absolute atomic E-state index is 0.159. The predicted molar refractivity (Wildman–Crippen MR) is 75.4 cm³/mol. The summed E-state index contributed by atoms with van der Waals surface area (Å²) in [6.45, 7) is 0. The van der Waals surface area contributed by atoms with Crippen molar-refractivity contribution in [1.29, 1.82) is 0 Å². The zero-order valence-corrected chi connectivity index (χ0v) is 12.0. The first-order chi connectivity index (χ1) is 9.95. The van der Waals surface area contributed by atoms with E-state index in [2.05, 4.69) is 0 Å². The summed E-state index contributed by atoms with van der Waals surface area (Å²) in [6.07, 6.45) is 3.31. The molecular formula is C16H20FNO3. The number of carbonyl (C=O) groups excluding carboxylic acids is 1. The third-order valence-electron chi connectivity index (χ3n) is 5.03. The van der Waals surface area contributed by atoms with Gasteiger partial charge in [-0.3, -0.25) is 4.79 Å². The largest absolute Gasteiger partial charge is 0.505 e. The summed E-state index contributed by atoms with van der Waals surface area (Å²) in [5.74, 6) is -0.418. The first kappa shape index (κ1) is 14.3. The predicted octanol–water partition coefficient (Wildman–Crippen LogP) is 2.15. The van der Waals surface area contributed by atoms with Gasteiger partial charge in [0, 0.05) is 18.7 Å². The molecule has 0 bridgehead atoms. The Balaban J connectivity index is 1.69. The Morgan fingerprint density at radius 1 is 1.24 bits per heavy atom. The fraction of sp³-hybridized carbons (Fsp3) is 0.562. The van der Waals surface area contributed by atoms with Crippen molar-refractivity contribution in [1.82, 2.24) is 4.90 Å². The van der Waals surface area contributed by atoms with Crippen molar-refractivity contribution in [3.8, 4) is 5.75 Å². The minimum atomic E-state index is -0.724. The molecule has 0 radical (unpaired) electrons. The first-order valence-electron chi connectivity index (χ1n) is 7.39. The molecule has 2 aliphatic carbocycles. The Morgan fingerprint density at radius 2 is 1.86 bits per heavy atom. The molecule has 1 amide bonds. The van der Waals surface area contributed by atoms with Crippen LogP contribution in [0.2, 0.25) is 0 Å². The summed E-state index contributed by atoms with van der Waals surface area (Å²) in [6, 6.07) is 3.84. The van der Waals surface area contributed by atoms with E-state index in [1.807, 2.05) is 0 Å². The SMILES string of the molecule is CN(C(=O)c1ccc(F)c(O)c1)C1C[C@H]2CC(O)C[C@H]2C1. The van der Waals surface area contributed by atoms with Gasteiger partial charge in [-0.15, -0.1) is 0 Å². The van der Waals surface area contributed by atoms with Gasteiger partial charge in [0.05, 0.1) is 6.10 Å². The number of phenols is 1. The lowest BCUT2D eigenvalue weighted by molar-refractivity contribution is 0.0722. The molecule has 4 nitrogen and oxygen atoms in total. The van der Waals surface area contributed by atoms with E-state index in [-0.39, 0.29) is 18.1 Å². The number of hydrogen-bond acceptors (Lipinski definition) is 3. The van der Waals surface area contributed by atoms with Crippen molar-refractivity contribution < 1.29 is 19.4 Å². The molecule has 3 rings (SSSR count). The molecule has 114 valence electrons. The van der Waals surface area contributed by atoms with Crippen molar-refractivity contribution in [2.75, 3.05) is 7.05 Å². The molecule has 2 N–H and O–H groups in total. The Bertz CT molecular complexity index is 548. The van der Waals surface area contributed by atoms with Crippen LogP contribution >= 0.6 is 0 Å². The number of amides is 1. The number of benzene rings is 1.